The summed E-state index contributed by atoms with van der Waals surface area (Å²) < 4.78 is 0. The second-order valence-electron chi connectivity index (χ2n) is 9.32. The smallest absolute Gasteiger partial charge is 0.0135 e. The summed E-state index contributed by atoms with van der Waals surface area (Å²) in [5, 5.41) is 0. The monoisotopic (exact) mass is 288 g/mol. The first-order chi connectivity index (χ1) is 9.88. The molecule has 1 saturated carbocycles. The molecule has 0 amide bonds. The predicted molar refractivity (Wildman–Crippen MR) is 92.1 cm³/mol. The Kier molecular flexibility index (Phi) is 4.04. The van der Waals surface area contributed by atoms with E-state index < -0.39 is 0 Å². The van der Waals surface area contributed by atoms with E-state index in [4.69, 9.17) is 0 Å². The van der Waals surface area contributed by atoms with E-state index in [1.807, 2.05) is 11.1 Å². The first-order valence-corrected chi connectivity index (χ1v) is 9.60. The van der Waals surface area contributed by atoms with Crippen molar-refractivity contribution < 1.29 is 0 Å². The Hall–Kier alpha value is -0.260. The number of fused-ring (bicyclic) bond motifs is 2. The van der Waals surface area contributed by atoms with Crippen molar-refractivity contribution in [3.63, 3.8) is 0 Å². The highest BCUT2D eigenvalue weighted by Crippen LogP contribution is 2.61. The largest absolute Gasteiger partial charge is 0.0673 e. The molecule has 0 aromatic rings. The lowest BCUT2D eigenvalue weighted by Gasteiger charge is -2.31. The van der Waals surface area contributed by atoms with Crippen molar-refractivity contribution in [1.29, 1.82) is 0 Å². The Labute approximate surface area is 132 Å². The van der Waals surface area contributed by atoms with Crippen molar-refractivity contribution >= 4 is 0 Å². The molecule has 6 unspecified atom stereocenters. The summed E-state index contributed by atoms with van der Waals surface area (Å²) in [4.78, 5) is 0. The lowest BCUT2D eigenvalue weighted by Crippen LogP contribution is -2.22. The minimum atomic E-state index is 0.531. The zero-order valence-corrected chi connectivity index (χ0v) is 15.2. The molecule has 3 rings (SSSR count). The van der Waals surface area contributed by atoms with Gasteiger partial charge in [-0.3, -0.25) is 0 Å². The van der Waals surface area contributed by atoms with Crippen LogP contribution in [0.15, 0.2) is 11.1 Å². The van der Waals surface area contributed by atoms with Gasteiger partial charge < -0.3 is 0 Å². The predicted octanol–water partition coefficient (Wildman–Crippen LogP) is 6.47. The molecule has 0 aliphatic heterocycles. The van der Waals surface area contributed by atoms with Crippen LogP contribution < -0.4 is 0 Å². The molecule has 0 bridgehead atoms. The standard InChI is InChI=1S/C21H36/c1-7-15-9-16(8-2)20-18(15)10-17-13(3)11-21(5,6)12-14(4)19(17)20/h13-16,18,20H,7-12H2,1-6H3. The maximum atomic E-state index is 2.55. The topological polar surface area (TPSA) is 0 Å². The first-order valence-electron chi connectivity index (χ1n) is 9.60. The number of allylic oxidation sites excluding steroid dienone is 2. The molecule has 0 heteroatoms. The second-order valence-corrected chi connectivity index (χ2v) is 9.32. The third kappa shape index (κ3) is 2.51. The first kappa shape index (κ1) is 15.6. The molecular weight excluding hydrogens is 252 g/mol. The van der Waals surface area contributed by atoms with Gasteiger partial charge >= 0.3 is 0 Å². The molecule has 0 heterocycles. The van der Waals surface area contributed by atoms with Crippen LogP contribution in [-0.2, 0) is 0 Å². The summed E-state index contributed by atoms with van der Waals surface area (Å²) >= 11 is 0. The fourth-order valence-corrected chi connectivity index (χ4v) is 6.71. The molecule has 0 spiro atoms. The van der Waals surface area contributed by atoms with Gasteiger partial charge in [0.25, 0.3) is 0 Å². The van der Waals surface area contributed by atoms with E-state index in [0.29, 0.717) is 5.41 Å². The highest BCUT2D eigenvalue weighted by Gasteiger charge is 2.51. The van der Waals surface area contributed by atoms with Crippen molar-refractivity contribution in [1.82, 2.24) is 0 Å². The van der Waals surface area contributed by atoms with Crippen molar-refractivity contribution in [3.05, 3.63) is 11.1 Å². The van der Waals surface area contributed by atoms with E-state index in [-0.39, 0.29) is 0 Å². The number of rotatable bonds is 2. The molecule has 3 aliphatic carbocycles. The van der Waals surface area contributed by atoms with Gasteiger partial charge in [0.05, 0.1) is 0 Å². The molecule has 0 radical (unpaired) electrons. The summed E-state index contributed by atoms with van der Waals surface area (Å²) in [5.74, 6) is 5.64. The summed E-state index contributed by atoms with van der Waals surface area (Å²) in [6.45, 7) is 14.9. The van der Waals surface area contributed by atoms with Gasteiger partial charge in [-0.25, -0.2) is 0 Å². The molecule has 0 N–H and O–H groups in total. The van der Waals surface area contributed by atoms with Crippen LogP contribution in [0.25, 0.3) is 0 Å². The molecular formula is C21H36. The molecule has 120 valence electrons. The van der Waals surface area contributed by atoms with Crippen molar-refractivity contribution in [2.24, 2.45) is 40.9 Å². The zero-order chi connectivity index (χ0) is 15.4. The lowest BCUT2D eigenvalue weighted by atomic mass is 9.74. The Bertz CT molecular complexity index is 427. The summed E-state index contributed by atoms with van der Waals surface area (Å²) in [6, 6.07) is 0. The Morgan fingerprint density at radius 3 is 2.19 bits per heavy atom. The molecule has 3 aliphatic rings. The van der Waals surface area contributed by atoms with E-state index in [1.165, 1.54) is 38.5 Å². The third-order valence-electron chi connectivity index (χ3n) is 7.26. The quantitative estimate of drug-likeness (QED) is 0.511. The fraction of sp³-hybridized carbons (Fsp3) is 0.905. The third-order valence-corrected chi connectivity index (χ3v) is 7.26. The average molecular weight is 289 g/mol. The number of hydrogen-bond donors (Lipinski definition) is 0. The van der Waals surface area contributed by atoms with Gasteiger partial charge in [0.15, 0.2) is 0 Å². The average Bonchev–Trinajstić information content (AvgIpc) is 2.90. The van der Waals surface area contributed by atoms with E-state index in [9.17, 15) is 0 Å². The SMILES string of the molecule is CCC1CC(CC)C2C3=C(CC12)C(C)CC(C)(C)CC3C. The Morgan fingerprint density at radius 2 is 1.57 bits per heavy atom. The van der Waals surface area contributed by atoms with Gasteiger partial charge in [0, 0.05) is 0 Å². The van der Waals surface area contributed by atoms with Crippen LogP contribution in [0.4, 0.5) is 0 Å². The summed E-state index contributed by atoms with van der Waals surface area (Å²) in [6.07, 6.45) is 8.60. The zero-order valence-electron chi connectivity index (χ0n) is 15.2. The van der Waals surface area contributed by atoms with Crippen LogP contribution in [0.3, 0.4) is 0 Å². The van der Waals surface area contributed by atoms with Crippen LogP contribution in [0.1, 0.15) is 80.1 Å². The van der Waals surface area contributed by atoms with Crippen LogP contribution in [0.2, 0.25) is 0 Å². The summed E-state index contributed by atoms with van der Waals surface area (Å²) in [5.41, 5.74) is 4.41. The molecule has 0 aromatic heterocycles. The highest BCUT2D eigenvalue weighted by atomic mass is 14.6. The van der Waals surface area contributed by atoms with Crippen molar-refractivity contribution in [2.75, 3.05) is 0 Å². The van der Waals surface area contributed by atoms with Crippen LogP contribution in [0.5, 0.6) is 0 Å². The maximum Gasteiger partial charge on any atom is -0.0135 e. The van der Waals surface area contributed by atoms with Crippen LogP contribution in [0, 0.1) is 40.9 Å². The maximum absolute atomic E-state index is 2.55. The van der Waals surface area contributed by atoms with E-state index >= 15 is 0 Å². The number of hydrogen-bond acceptors (Lipinski definition) is 0. The van der Waals surface area contributed by atoms with Gasteiger partial charge in [0.2, 0.25) is 0 Å². The van der Waals surface area contributed by atoms with E-state index in [0.717, 1.165) is 35.5 Å². The molecule has 6 atom stereocenters. The lowest BCUT2D eigenvalue weighted by molar-refractivity contribution is 0.234. The van der Waals surface area contributed by atoms with E-state index in [2.05, 4.69) is 41.5 Å². The van der Waals surface area contributed by atoms with Crippen molar-refractivity contribution in [3.8, 4) is 0 Å². The molecule has 0 aromatic carbocycles. The minimum absolute atomic E-state index is 0.531. The van der Waals surface area contributed by atoms with Gasteiger partial charge in [-0.15, -0.1) is 0 Å². The molecule has 21 heavy (non-hydrogen) atoms. The highest BCUT2D eigenvalue weighted by molar-refractivity contribution is 5.33. The van der Waals surface area contributed by atoms with Crippen molar-refractivity contribution in [2.45, 2.75) is 80.1 Å². The minimum Gasteiger partial charge on any atom is -0.0673 e. The van der Waals surface area contributed by atoms with Crippen LogP contribution in [-0.4, -0.2) is 0 Å². The van der Waals surface area contributed by atoms with Gasteiger partial charge in [-0.05, 0) is 66.6 Å². The normalized spacial score (nSPS) is 45.4. The second kappa shape index (κ2) is 5.43. The molecule has 0 nitrogen and oxygen atoms in total. The van der Waals surface area contributed by atoms with Crippen LogP contribution >= 0.6 is 0 Å². The van der Waals surface area contributed by atoms with Gasteiger partial charge in [-0.2, -0.15) is 0 Å². The summed E-state index contributed by atoms with van der Waals surface area (Å²) in [7, 11) is 0. The molecule has 1 fully saturated rings. The Morgan fingerprint density at radius 1 is 0.952 bits per heavy atom. The Balaban J connectivity index is 1.96. The van der Waals surface area contributed by atoms with Gasteiger partial charge in [-0.1, -0.05) is 65.5 Å². The van der Waals surface area contributed by atoms with Gasteiger partial charge in [0.1, 0.15) is 0 Å². The fourth-order valence-electron chi connectivity index (χ4n) is 6.71. The van der Waals surface area contributed by atoms with E-state index in [1.54, 1.807) is 0 Å². The molecule has 0 saturated heterocycles.